The number of nitrogens with one attached hydrogen (secondary N) is 1. The third-order valence-corrected chi connectivity index (χ3v) is 6.17. The van der Waals surface area contributed by atoms with Crippen LogP contribution in [0.15, 0.2) is 24.3 Å². The van der Waals surface area contributed by atoms with E-state index >= 15 is 0 Å². The number of rotatable bonds is 5. The van der Waals surface area contributed by atoms with Gasteiger partial charge >= 0.3 is 5.97 Å². The van der Waals surface area contributed by atoms with Crippen molar-refractivity contribution in [2.75, 3.05) is 11.4 Å². The molecule has 2 N–H and O–H groups in total. The number of fused-ring (bicyclic) bond motifs is 3. The molecule has 0 spiro atoms. The third kappa shape index (κ3) is 3.15. The largest absolute Gasteiger partial charge is 0.481 e. The van der Waals surface area contributed by atoms with Crippen molar-refractivity contribution in [2.24, 2.45) is 17.8 Å². The standard InChI is InChI=1S/C20H24N2O5/c1-11-19(24)22(14-4-2-3-5-15(14)27-11)9-8-16(23)21-18-13-7-6-12(10-13)17(18)20(25)26/h2-5,11-13,17-18H,6-10H2,1H3,(H,21,23)(H,25,26)/t11-,12-,13-,17-,18+/m0/s1. The van der Waals surface area contributed by atoms with Crippen molar-refractivity contribution < 1.29 is 24.2 Å². The number of ether oxygens (including phenoxy) is 1. The summed E-state index contributed by atoms with van der Waals surface area (Å²) < 4.78 is 5.61. The van der Waals surface area contributed by atoms with Crippen molar-refractivity contribution in [3.05, 3.63) is 24.3 Å². The minimum absolute atomic E-state index is 0.132. The Balaban J connectivity index is 1.41. The molecule has 2 aliphatic carbocycles. The van der Waals surface area contributed by atoms with E-state index in [1.54, 1.807) is 24.0 Å². The van der Waals surface area contributed by atoms with Gasteiger partial charge in [-0.15, -0.1) is 0 Å². The van der Waals surface area contributed by atoms with Crippen LogP contribution in [0.3, 0.4) is 0 Å². The van der Waals surface area contributed by atoms with Crippen LogP contribution in [-0.4, -0.2) is 41.6 Å². The second kappa shape index (κ2) is 6.87. The summed E-state index contributed by atoms with van der Waals surface area (Å²) >= 11 is 0. The molecule has 144 valence electrons. The molecule has 2 bridgehead atoms. The number of nitrogens with zero attached hydrogens (tertiary/aromatic N) is 1. The number of aliphatic carboxylic acids is 1. The van der Waals surface area contributed by atoms with Crippen LogP contribution >= 0.6 is 0 Å². The van der Waals surface area contributed by atoms with Gasteiger partial charge in [0.15, 0.2) is 6.10 Å². The average molecular weight is 372 g/mol. The van der Waals surface area contributed by atoms with Gasteiger partial charge in [-0.05, 0) is 50.2 Å². The lowest BCUT2D eigenvalue weighted by Gasteiger charge is -2.33. The van der Waals surface area contributed by atoms with Crippen LogP contribution in [-0.2, 0) is 14.4 Å². The Kier molecular flexibility index (Phi) is 4.53. The van der Waals surface area contributed by atoms with E-state index in [-0.39, 0.29) is 42.7 Å². The van der Waals surface area contributed by atoms with E-state index in [0.29, 0.717) is 11.4 Å². The monoisotopic (exact) mass is 372 g/mol. The van der Waals surface area contributed by atoms with Crippen LogP contribution in [0.4, 0.5) is 5.69 Å². The molecule has 7 heteroatoms. The van der Waals surface area contributed by atoms with Gasteiger partial charge in [-0.3, -0.25) is 14.4 Å². The number of carboxylic acid groups (broad SMARTS) is 1. The van der Waals surface area contributed by atoms with Crippen LogP contribution in [0.2, 0.25) is 0 Å². The lowest BCUT2D eigenvalue weighted by atomic mass is 9.84. The molecule has 5 atom stereocenters. The quantitative estimate of drug-likeness (QED) is 0.822. The first-order valence-electron chi connectivity index (χ1n) is 9.55. The van der Waals surface area contributed by atoms with Crippen molar-refractivity contribution >= 4 is 23.5 Å². The van der Waals surface area contributed by atoms with Gasteiger partial charge in [-0.2, -0.15) is 0 Å². The van der Waals surface area contributed by atoms with E-state index < -0.39 is 18.0 Å². The van der Waals surface area contributed by atoms with E-state index in [4.69, 9.17) is 4.74 Å². The van der Waals surface area contributed by atoms with E-state index in [0.717, 1.165) is 19.3 Å². The number of anilines is 1. The molecule has 0 unspecified atom stereocenters. The summed E-state index contributed by atoms with van der Waals surface area (Å²) in [7, 11) is 0. The van der Waals surface area contributed by atoms with Crippen molar-refractivity contribution in [1.29, 1.82) is 0 Å². The zero-order chi connectivity index (χ0) is 19.1. The fraction of sp³-hybridized carbons (Fsp3) is 0.550. The molecule has 7 nitrogen and oxygen atoms in total. The van der Waals surface area contributed by atoms with Gasteiger partial charge in [-0.25, -0.2) is 0 Å². The molecule has 1 aromatic carbocycles. The first-order chi connectivity index (χ1) is 13.0. The molecular formula is C20H24N2O5. The maximum Gasteiger partial charge on any atom is 0.308 e. The molecule has 1 heterocycles. The topological polar surface area (TPSA) is 95.9 Å². The number of carbonyl (C=O) groups is 3. The molecule has 4 rings (SSSR count). The van der Waals surface area contributed by atoms with E-state index in [9.17, 15) is 19.5 Å². The van der Waals surface area contributed by atoms with Gasteiger partial charge in [-0.1, -0.05) is 12.1 Å². The van der Waals surface area contributed by atoms with Crippen LogP contribution in [0, 0.1) is 17.8 Å². The highest BCUT2D eigenvalue weighted by atomic mass is 16.5. The lowest BCUT2D eigenvalue weighted by Crippen LogP contribution is -2.49. The summed E-state index contributed by atoms with van der Waals surface area (Å²) in [6.45, 7) is 1.94. The lowest BCUT2D eigenvalue weighted by molar-refractivity contribution is -0.144. The van der Waals surface area contributed by atoms with Gasteiger partial charge in [0, 0.05) is 19.0 Å². The molecule has 3 aliphatic rings. The van der Waals surface area contributed by atoms with E-state index in [2.05, 4.69) is 5.32 Å². The minimum atomic E-state index is -0.821. The molecule has 2 saturated carbocycles. The van der Waals surface area contributed by atoms with Crippen LogP contribution in [0.1, 0.15) is 32.6 Å². The fourth-order valence-electron chi connectivity index (χ4n) is 4.92. The normalized spacial score (nSPS) is 31.4. The average Bonchev–Trinajstić information content (AvgIpc) is 3.23. The van der Waals surface area contributed by atoms with Gasteiger partial charge < -0.3 is 20.1 Å². The molecule has 1 aliphatic heterocycles. The highest BCUT2D eigenvalue weighted by Crippen LogP contribution is 2.48. The summed E-state index contributed by atoms with van der Waals surface area (Å²) in [5.74, 6) is -0.633. The van der Waals surface area contributed by atoms with Gasteiger partial charge in [0.05, 0.1) is 11.6 Å². The third-order valence-electron chi connectivity index (χ3n) is 6.17. The van der Waals surface area contributed by atoms with Crippen LogP contribution < -0.4 is 15.0 Å². The van der Waals surface area contributed by atoms with Gasteiger partial charge in [0.2, 0.25) is 5.91 Å². The number of hydrogen-bond donors (Lipinski definition) is 2. The Labute approximate surface area is 157 Å². The fourth-order valence-corrected chi connectivity index (χ4v) is 4.92. The molecule has 2 fully saturated rings. The van der Waals surface area contributed by atoms with Gasteiger partial charge in [0.1, 0.15) is 5.75 Å². The summed E-state index contributed by atoms with van der Waals surface area (Å²) in [6, 6.07) is 6.98. The zero-order valence-corrected chi connectivity index (χ0v) is 15.3. The number of amides is 2. The first kappa shape index (κ1) is 17.8. The van der Waals surface area contributed by atoms with Crippen molar-refractivity contribution in [1.82, 2.24) is 5.32 Å². The van der Waals surface area contributed by atoms with E-state index in [1.165, 1.54) is 0 Å². The summed E-state index contributed by atoms with van der Waals surface area (Å²) in [6.07, 6.45) is 2.34. The predicted molar refractivity (Wildman–Crippen MR) is 97.4 cm³/mol. The SMILES string of the molecule is C[C@@H]1Oc2ccccc2N(CCC(=O)N[C@@H]2[C@H]3CC[C@@H](C3)[C@@H]2C(=O)O)C1=O. The predicted octanol–water partition coefficient (Wildman–Crippen LogP) is 1.81. The number of hydrogen-bond acceptors (Lipinski definition) is 4. The molecule has 0 radical (unpaired) electrons. The number of benzene rings is 1. The zero-order valence-electron chi connectivity index (χ0n) is 15.3. The maximum atomic E-state index is 12.5. The second-order valence-electron chi connectivity index (χ2n) is 7.76. The molecule has 1 aromatic rings. The molecule has 2 amide bonds. The highest BCUT2D eigenvalue weighted by Gasteiger charge is 2.51. The minimum Gasteiger partial charge on any atom is -0.481 e. The number of para-hydroxylation sites is 2. The van der Waals surface area contributed by atoms with Crippen LogP contribution in [0.25, 0.3) is 0 Å². The number of carboxylic acids is 1. The van der Waals surface area contributed by atoms with Gasteiger partial charge in [0.25, 0.3) is 5.91 Å². The van der Waals surface area contributed by atoms with E-state index in [1.807, 2.05) is 12.1 Å². The van der Waals surface area contributed by atoms with Crippen LogP contribution in [0.5, 0.6) is 5.75 Å². The number of carbonyl (C=O) groups excluding carboxylic acids is 2. The van der Waals surface area contributed by atoms with Crippen molar-refractivity contribution in [3.63, 3.8) is 0 Å². The van der Waals surface area contributed by atoms with Crippen molar-refractivity contribution in [2.45, 2.75) is 44.8 Å². The first-order valence-corrected chi connectivity index (χ1v) is 9.55. The Morgan fingerprint density at radius 3 is 2.78 bits per heavy atom. The summed E-state index contributed by atoms with van der Waals surface area (Å²) in [5.41, 5.74) is 0.664. The Morgan fingerprint density at radius 2 is 2.00 bits per heavy atom. The Hall–Kier alpha value is -2.57. The summed E-state index contributed by atoms with van der Waals surface area (Å²) in [5, 5.41) is 12.4. The molecule has 0 aromatic heterocycles. The molecular weight excluding hydrogens is 348 g/mol. The Bertz CT molecular complexity index is 779. The molecule has 27 heavy (non-hydrogen) atoms. The maximum absolute atomic E-state index is 12.5. The molecule has 0 saturated heterocycles. The second-order valence-corrected chi connectivity index (χ2v) is 7.76. The van der Waals surface area contributed by atoms with Crippen molar-refractivity contribution in [3.8, 4) is 5.75 Å². The smallest absolute Gasteiger partial charge is 0.308 e. The highest BCUT2D eigenvalue weighted by molar-refractivity contribution is 6.00. The summed E-state index contributed by atoms with van der Waals surface area (Å²) in [4.78, 5) is 38.2. The Morgan fingerprint density at radius 1 is 1.26 bits per heavy atom.